The van der Waals surface area contributed by atoms with E-state index in [0.717, 1.165) is 9.37 Å². The fourth-order valence-corrected chi connectivity index (χ4v) is 3.75. The van der Waals surface area contributed by atoms with E-state index in [0.29, 0.717) is 27.6 Å². The number of nitrogens with zero attached hydrogens (tertiary/aromatic N) is 1. The Morgan fingerprint density at radius 3 is 2.37 bits per heavy atom. The lowest BCUT2D eigenvalue weighted by Gasteiger charge is -2.26. The van der Waals surface area contributed by atoms with Gasteiger partial charge in [0.2, 0.25) is 0 Å². The van der Waals surface area contributed by atoms with Crippen LogP contribution in [0.5, 0.6) is 5.75 Å². The first-order valence-electron chi connectivity index (χ1n) is 10.1. The van der Waals surface area contributed by atoms with Gasteiger partial charge < -0.3 is 9.84 Å². The Morgan fingerprint density at radius 1 is 1.03 bits per heavy atom. The molecule has 0 unspecified atom stereocenters. The van der Waals surface area contributed by atoms with Crippen molar-refractivity contribution in [3.05, 3.63) is 98.5 Å². The normalized spacial score (nSPS) is 14.7. The van der Waals surface area contributed by atoms with Gasteiger partial charge in [-0.15, -0.1) is 0 Å². The summed E-state index contributed by atoms with van der Waals surface area (Å²) in [6, 6.07) is 16.5. The number of amides is 4. The topological polar surface area (TPSA) is 113 Å². The van der Waals surface area contributed by atoms with Gasteiger partial charge in [-0.2, -0.15) is 0 Å². The number of halogens is 2. The molecule has 8 nitrogen and oxygen atoms in total. The van der Waals surface area contributed by atoms with Gasteiger partial charge in [-0.05, 0) is 66.2 Å². The molecule has 4 rings (SSSR count). The molecule has 1 aliphatic rings. The number of anilines is 1. The van der Waals surface area contributed by atoms with Crippen molar-refractivity contribution in [2.45, 2.75) is 6.61 Å². The van der Waals surface area contributed by atoms with E-state index in [4.69, 9.17) is 21.4 Å². The van der Waals surface area contributed by atoms with Crippen molar-refractivity contribution in [2.24, 2.45) is 0 Å². The van der Waals surface area contributed by atoms with Gasteiger partial charge in [0.1, 0.15) is 17.9 Å². The average Bonchev–Trinajstić information content (AvgIpc) is 2.82. The highest BCUT2D eigenvalue weighted by molar-refractivity contribution is 9.10. The van der Waals surface area contributed by atoms with Gasteiger partial charge in [0.05, 0.1) is 11.3 Å². The number of carbonyl (C=O) groups is 4. The van der Waals surface area contributed by atoms with Crippen molar-refractivity contribution < 1.29 is 29.0 Å². The first kappa shape index (κ1) is 24.2. The van der Waals surface area contributed by atoms with E-state index in [1.54, 1.807) is 48.5 Å². The summed E-state index contributed by atoms with van der Waals surface area (Å²) >= 11 is 9.44. The molecule has 4 amide bonds. The van der Waals surface area contributed by atoms with Gasteiger partial charge >= 0.3 is 12.0 Å². The zero-order valence-corrected chi connectivity index (χ0v) is 20.2. The molecular weight excluding hydrogens is 540 g/mol. The number of barbiturate groups is 1. The summed E-state index contributed by atoms with van der Waals surface area (Å²) < 4.78 is 6.62. The van der Waals surface area contributed by atoms with Crippen LogP contribution in [0.3, 0.4) is 0 Å². The molecule has 1 saturated heterocycles. The average molecular weight is 556 g/mol. The van der Waals surface area contributed by atoms with Crippen molar-refractivity contribution >= 4 is 63.1 Å². The van der Waals surface area contributed by atoms with Gasteiger partial charge in [0.15, 0.2) is 0 Å². The Kier molecular flexibility index (Phi) is 6.99. The smallest absolute Gasteiger partial charge is 0.335 e. The lowest BCUT2D eigenvalue weighted by molar-refractivity contribution is -0.122. The fraction of sp³-hybridized carbons (Fsp3) is 0.0400. The molecule has 0 aliphatic carbocycles. The van der Waals surface area contributed by atoms with Crippen LogP contribution in [0.1, 0.15) is 21.5 Å². The van der Waals surface area contributed by atoms with Crippen LogP contribution >= 0.6 is 27.5 Å². The summed E-state index contributed by atoms with van der Waals surface area (Å²) in [5.41, 5.74) is 1.23. The zero-order valence-electron chi connectivity index (χ0n) is 17.8. The molecule has 1 aliphatic heterocycles. The molecule has 0 saturated carbocycles. The van der Waals surface area contributed by atoms with Crippen LogP contribution in [0, 0.1) is 0 Å². The molecule has 0 atom stereocenters. The minimum absolute atomic E-state index is 0.0986. The van der Waals surface area contributed by atoms with Gasteiger partial charge in [0, 0.05) is 15.1 Å². The van der Waals surface area contributed by atoms with E-state index in [2.05, 4.69) is 21.2 Å². The van der Waals surface area contributed by atoms with E-state index in [1.165, 1.54) is 24.3 Å². The SMILES string of the molecule is O=C1NC(=O)N(c2ccc(Br)cc2)C(=O)/C1=C/c1cc(Cl)ccc1OCc1ccc(C(=O)O)cc1. The Bertz CT molecular complexity index is 1370. The standard InChI is InChI=1S/C25H16BrClN2O6/c26-17-5-8-19(9-6-17)29-23(31)20(22(30)28-25(29)34)12-16-11-18(27)7-10-21(16)35-13-14-1-3-15(4-2-14)24(32)33/h1-12H,13H2,(H,32,33)(H,28,30,34)/b20-12+. The van der Waals surface area contributed by atoms with Crippen molar-refractivity contribution in [1.82, 2.24) is 5.32 Å². The Balaban J connectivity index is 1.63. The molecule has 176 valence electrons. The maximum Gasteiger partial charge on any atom is 0.335 e. The Hall–Kier alpha value is -3.95. The van der Waals surface area contributed by atoms with Gasteiger partial charge in [-0.3, -0.25) is 14.9 Å². The zero-order chi connectivity index (χ0) is 25.1. The first-order valence-corrected chi connectivity index (χ1v) is 11.3. The Labute approximate surface area is 212 Å². The molecule has 3 aromatic rings. The van der Waals surface area contributed by atoms with Crippen molar-refractivity contribution in [2.75, 3.05) is 4.90 Å². The highest BCUT2D eigenvalue weighted by atomic mass is 79.9. The van der Waals surface area contributed by atoms with E-state index in [1.807, 2.05) is 0 Å². The van der Waals surface area contributed by atoms with Gasteiger partial charge in [0.25, 0.3) is 11.8 Å². The molecule has 0 spiro atoms. The van der Waals surface area contributed by atoms with E-state index in [-0.39, 0.29) is 17.7 Å². The minimum Gasteiger partial charge on any atom is -0.488 e. The predicted octanol–water partition coefficient (Wildman–Crippen LogP) is 5.05. The number of carbonyl (C=O) groups excluding carboxylic acids is 3. The number of urea groups is 1. The quantitative estimate of drug-likeness (QED) is 0.325. The summed E-state index contributed by atoms with van der Waals surface area (Å²) in [5.74, 6) is -2.34. The maximum absolute atomic E-state index is 13.1. The minimum atomic E-state index is -1.03. The van der Waals surface area contributed by atoms with Gasteiger partial charge in [-0.25, -0.2) is 14.5 Å². The fourth-order valence-electron chi connectivity index (χ4n) is 3.31. The molecule has 3 aromatic carbocycles. The van der Waals surface area contributed by atoms with Crippen molar-refractivity contribution in [3.63, 3.8) is 0 Å². The van der Waals surface area contributed by atoms with E-state index >= 15 is 0 Å². The van der Waals surface area contributed by atoms with Crippen LogP contribution in [-0.2, 0) is 16.2 Å². The van der Waals surface area contributed by atoms with Crippen LogP contribution in [0.25, 0.3) is 6.08 Å². The number of carboxylic acid groups (broad SMARTS) is 1. The first-order chi connectivity index (χ1) is 16.7. The van der Waals surface area contributed by atoms with E-state index < -0.39 is 23.8 Å². The van der Waals surface area contributed by atoms with Crippen LogP contribution in [0.15, 0.2) is 76.8 Å². The molecule has 0 bridgehead atoms. The maximum atomic E-state index is 13.1. The second-order valence-electron chi connectivity index (χ2n) is 7.41. The third-order valence-electron chi connectivity index (χ3n) is 5.05. The number of nitrogens with one attached hydrogen (secondary N) is 1. The molecule has 2 N–H and O–H groups in total. The number of aromatic carboxylic acids is 1. The van der Waals surface area contributed by atoms with Crippen LogP contribution < -0.4 is 15.0 Å². The molecule has 0 radical (unpaired) electrons. The monoisotopic (exact) mass is 554 g/mol. The highest BCUT2D eigenvalue weighted by Crippen LogP contribution is 2.29. The molecule has 1 heterocycles. The van der Waals surface area contributed by atoms with Gasteiger partial charge in [-0.1, -0.05) is 39.7 Å². The summed E-state index contributed by atoms with van der Waals surface area (Å²) in [6.45, 7) is 0.0986. The molecule has 10 heteroatoms. The third-order valence-corrected chi connectivity index (χ3v) is 5.82. The molecule has 35 heavy (non-hydrogen) atoms. The summed E-state index contributed by atoms with van der Waals surface area (Å²) in [5, 5.41) is 11.5. The third kappa shape index (κ3) is 5.42. The van der Waals surface area contributed by atoms with Crippen LogP contribution in [-0.4, -0.2) is 28.9 Å². The number of ether oxygens (including phenoxy) is 1. The summed E-state index contributed by atoms with van der Waals surface area (Å²) in [4.78, 5) is 50.0. The number of hydrogen-bond acceptors (Lipinski definition) is 5. The number of carboxylic acids is 1. The highest BCUT2D eigenvalue weighted by Gasteiger charge is 2.37. The van der Waals surface area contributed by atoms with E-state index in [9.17, 15) is 19.2 Å². The molecule has 0 aromatic heterocycles. The summed E-state index contributed by atoms with van der Waals surface area (Å²) in [6.07, 6.45) is 1.31. The largest absolute Gasteiger partial charge is 0.488 e. The lowest BCUT2D eigenvalue weighted by atomic mass is 10.1. The Morgan fingerprint density at radius 2 is 1.71 bits per heavy atom. The predicted molar refractivity (Wildman–Crippen MR) is 132 cm³/mol. The number of hydrogen-bond donors (Lipinski definition) is 2. The molecule has 1 fully saturated rings. The second-order valence-corrected chi connectivity index (χ2v) is 8.76. The molecular formula is C25H16BrClN2O6. The lowest BCUT2D eigenvalue weighted by Crippen LogP contribution is -2.54. The second kappa shape index (κ2) is 10.1. The number of imide groups is 2. The van der Waals surface area contributed by atoms with Crippen molar-refractivity contribution in [3.8, 4) is 5.75 Å². The number of benzene rings is 3. The van der Waals surface area contributed by atoms with Crippen molar-refractivity contribution in [1.29, 1.82) is 0 Å². The van der Waals surface area contributed by atoms with Crippen LogP contribution in [0.2, 0.25) is 5.02 Å². The summed E-state index contributed by atoms with van der Waals surface area (Å²) in [7, 11) is 0. The van der Waals surface area contributed by atoms with Crippen LogP contribution in [0.4, 0.5) is 10.5 Å². The number of rotatable bonds is 6.